The summed E-state index contributed by atoms with van der Waals surface area (Å²) in [7, 11) is 0. The zero-order valence-electron chi connectivity index (χ0n) is 32.4. The number of fused-ring (bicyclic) bond motifs is 1. The highest BCUT2D eigenvalue weighted by Crippen LogP contribution is 2.41. The fraction of sp³-hybridized carbons (Fsp3) is 0.488. The number of nitrogens with one attached hydrogen (secondary N) is 1. The molecule has 6 rings (SSSR count). The van der Waals surface area contributed by atoms with Crippen LogP contribution in [0.3, 0.4) is 0 Å². The van der Waals surface area contributed by atoms with E-state index in [1.54, 1.807) is 35.1 Å². The van der Waals surface area contributed by atoms with Crippen molar-refractivity contribution in [3.8, 4) is 0 Å². The Morgan fingerprint density at radius 1 is 1.00 bits per heavy atom. The van der Waals surface area contributed by atoms with Crippen LogP contribution in [0, 0.1) is 5.82 Å². The number of morpholine rings is 1. The SMILES string of the molecule is CC1COCCN1C[C@H]1CN(C(=O)OC(C)(C)C)C(C)CN1CC(=O)N1CC(C)(C(=O)Nc2ccc(C(=O)O)cc2)c2ncc(Cc3ccc(F)cc3)cc21. The molecule has 0 spiro atoms. The number of hydrogen-bond donors (Lipinski definition) is 2. The summed E-state index contributed by atoms with van der Waals surface area (Å²) in [5, 5.41) is 12.2. The largest absolute Gasteiger partial charge is 0.478 e. The number of carbonyl (C=O) groups is 4. The summed E-state index contributed by atoms with van der Waals surface area (Å²) in [5.74, 6) is -2.03. The van der Waals surface area contributed by atoms with E-state index in [2.05, 4.69) is 22.0 Å². The zero-order chi connectivity index (χ0) is 39.7. The van der Waals surface area contributed by atoms with E-state index < -0.39 is 29.0 Å². The third-order valence-corrected chi connectivity index (χ3v) is 10.6. The topological polar surface area (TPSA) is 145 Å². The van der Waals surface area contributed by atoms with Crippen molar-refractivity contribution in [2.24, 2.45) is 0 Å². The first kappa shape index (κ1) is 39.8. The summed E-state index contributed by atoms with van der Waals surface area (Å²) >= 11 is 0. The average molecular weight is 759 g/mol. The smallest absolute Gasteiger partial charge is 0.410 e. The highest BCUT2D eigenvalue weighted by Gasteiger charge is 2.49. The molecule has 3 amide bonds. The van der Waals surface area contributed by atoms with E-state index >= 15 is 0 Å². The molecule has 2 N–H and O–H groups in total. The summed E-state index contributed by atoms with van der Waals surface area (Å²) in [4.78, 5) is 66.2. The van der Waals surface area contributed by atoms with Gasteiger partial charge in [0.1, 0.15) is 16.8 Å². The Morgan fingerprint density at radius 2 is 1.71 bits per heavy atom. The minimum atomic E-state index is -1.25. The number of pyridine rings is 1. The van der Waals surface area contributed by atoms with Crippen LogP contribution in [0.15, 0.2) is 60.8 Å². The van der Waals surface area contributed by atoms with E-state index in [0.717, 1.165) is 17.7 Å². The number of aromatic carboxylic acids is 1. The molecule has 0 bridgehead atoms. The zero-order valence-corrected chi connectivity index (χ0v) is 32.4. The molecule has 55 heavy (non-hydrogen) atoms. The molecule has 0 aliphatic carbocycles. The number of hydrogen-bond acceptors (Lipinski definition) is 9. The highest BCUT2D eigenvalue weighted by molar-refractivity contribution is 6.06. The summed E-state index contributed by atoms with van der Waals surface area (Å²) in [6.45, 7) is 14.7. The Bertz CT molecular complexity index is 1900. The van der Waals surface area contributed by atoms with Crippen LogP contribution in [0.4, 0.5) is 20.6 Å². The van der Waals surface area contributed by atoms with Gasteiger partial charge in [-0.1, -0.05) is 12.1 Å². The molecule has 4 heterocycles. The number of anilines is 2. The maximum absolute atomic E-state index is 14.7. The third-order valence-electron chi connectivity index (χ3n) is 10.6. The van der Waals surface area contributed by atoms with Gasteiger partial charge in [0.25, 0.3) is 0 Å². The van der Waals surface area contributed by atoms with Crippen LogP contribution >= 0.6 is 0 Å². The maximum atomic E-state index is 14.7. The lowest BCUT2D eigenvalue weighted by Crippen LogP contribution is -2.64. The maximum Gasteiger partial charge on any atom is 0.410 e. The molecule has 3 aliphatic rings. The molecule has 3 aliphatic heterocycles. The Hall–Kier alpha value is -4.92. The van der Waals surface area contributed by atoms with Gasteiger partial charge < -0.3 is 29.7 Å². The van der Waals surface area contributed by atoms with Crippen LogP contribution in [-0.4, -0.2) is 125 Å². The van der Waals surface area contributed by atoms with Gasteiger partial charge in [-0.25, -0.2) is 14.0 Å². The van der Waals surface area contributed by atoms with Crippen LogP contribution in [0.2, 0.25) is 0 Å². The van der Waals surface area contributed by atoms with Crippen LogP contribution in [0.5, 0.6) is 0 Å². The van der Waals surface area contributed by atoms with Crippen LogP contribution in [0.25, 0.3) is 0 Å². The highest BCUT2D eigenvalue weighted by atomic mass is 19.1. The van der Waals surface area contributed by atoms with Gasteiger partial charge in [0.05, 0.1) is 36.7 Å². The number of carboxylic acid groups (broad SMARTS) is 1. The van der Waals surface area contributed by atoms with Gasteiger partial charge >= 0.3 is 12.1 Å². The fourth-order valence-corrected chi connectivity index (χ4v) is 7.52. The number of halogens is 1. The van der Waals surface area contributed by atoms with Crippen molar-refractivity contribution < 1.29 is 38.1 Å². The van der Waals surface area contributed by atoms with Gasteiger partial charge in [0.15, 0.2) is 0 Å². The van der Waals surface area contributed by atoms with Crippen LogP contribution in [-0.2, 0) is 30.9 Å². The molecule has 0 radical (unpaired) electrons. The number of aromatic nitrogens is 1. The number of carboxylic acids is 1. The molecular weight excluding hydrogens is 707 g/mol. The van der Waals surface area contributed by atoms with Crippen molar-refractivity contribution in [3.05, 3.63) is 89.0 Å². The monoisotopic (exact) mass is 758 g/mol. The van der Waals surface area contributed by atoms with Gasteiger partial charge in [0, 0.05) is 62.7 Å². The lowest BCUT2D eigenvalue weighted by Gasteiger charge is -2.47. The second kappa shape index (κ2) is 16.0. The number of amides is 3. The Kier molecular flexibility index (Phi) is 11.6. The number of benzene rings is 2. The van der Waals surface area contributed by atoms with Crippen molar-refractivity contribution in [1.82, 2.24) is 19.7 Å². The molecule has 13 nitrogen and oxygen atoms in total. The van der Waals surface area contributed by atoms with Gasteiger partial charge in [-0.15, -0.1) is 0 Å². The number of ether oxygens (including phenoxy) is 2. The van der Waals surface area contributed by atoms with Crippen LogP contribution in [0.1, 0.15) is 68.7 Å². The van der Waals surface area contributed by atoms with Crippen LogP contribution < -0.4 is 10.2 Å². The van der Waals surface area contributed by atoms with E-state index in [9.17, 15) is 28.7 Å². The molecular formula is C41H51FN6O7. The second-order valence-corrected chi connectivity index (χ2v) is 16.1. The minimum Gasteiger partial charge on any atom is -0.478 e. The number of rotatable bonds is 9. The van der Waals surface area contributed by atoms with Crippen molar-refractivity contribution in [1.29, 1.82) is 0 Å². The first-order valence-electron chi connectivity index (χ1n) is 18.7. The Balaban J connectivity index is 1.29. The van der Waals surface area contributed by atoms with Crippen molar-refractivity contribution in [2.75, 3.05) is 62.7 Å². The van der Waals surface area contributed by atoms with E-state index in [-0.39, 0.29) is 48.5 Å². The van der Waals surface area contributed by atoms with E-state index in [0.29, 0.717) is 56.3 Å². The van der Waals surface area contributed by atoms with Crippen molar-refractivity contribution in [2.45, 2.75) is 77.1 Å². The first-order valence-corrected chi connectivity index (χ1v) is 18.7. The van der Waals surface area contributed by atoms with E-state index in [4.69, 9.17) is 14.5 Å². The second-order valence-electron chi connectivity index (χ2n) is 16.1. The fourth-order valence-electron chi connectivity index (χ4n) is 7.52. The average Bonchev–Trinajstić information content (AvgIpc) is 3.43. The van der Waals surface area contributed by atoms with Crippen molar-refractivity contribution >= 4 is 35.3 Å². The molecule has 4 atom stereocenters. The molecule has 2 aromatic carbocycles. The normalized spacial score (nSPS) is 23.3. The summed E-state index contributed by atoms with van der Waals surface area (Å²) in [6.07, 6.45) is 1.73. The van der Waals surface area contributed by atoms with E-state index in [1.165, 1.54) is 36.4 Å². The van der Waals surface area contributed by atoms with Gasteiger partial charge in [-0.05, 0) is 102 Å². The standard InChI is InChI=1S/C41H51FN6O7/c1-26-20-46(33(21-45-15-16-54-24-27(45)2)22-47(26)39(53)55-40(3,4)5)23-35(49)48-25-41(6,38(52)44-32-13-9-30(10-14-32)37(50)51)36-34(48)18-29(19-43-36)17-28-7-11-31(42)12-8-28/h7-14,18-19,26-27,33H,15-17,20-25H2,1-6H3,(H,44,52)(H,50,51)/t26?,27?,33-,41?/m0/s1. The van der Waals surface area contributed by atoms with Gasteiger partial charge in [0.2, 0.25) is 11.8 Å². The Morgan fingerprint density at radius 3 is 2.36 bits per heavy atom. The summed E-state index contributed by atoms with van der Waals surface area (Å²) in [6, 6.07) is 13.7. The quantitative estimate of drug-likeness (QED) is 0.313. The molecule has 3 aromatic rings. The first-order chi connectivity index (χ1) is 26.0. The predicted molar refractivity (Wildman–Crippen MR) is 205 cm³/mol. The molecule has 0 saturated carbocycles. The number of nitrogens with zero attached hydrogens (tertiary/aromatic N) is 5. The number of carbonyl (C=O) groups excluding carboxylic acids is 3. The molecule has 294 valence electrons. The third kappa shape index (κ3) is 9.14. The predicted octanol–water partition coefficient (Wildman–Crippen LogP) is 4.78. The number of piperazine rings is 1. The molecule has 1 aromatic heterocycles. The van der Waals surface area contributed by atoms with Gasteiger partial charge in [-0.3, -0.25) is 24.4 Å². The van der Waals surface area contributed by atoms with E-state index in [1.807, 2.05) is 33.8 Å². The summed E-state index contributed by atoms with van der Waals surface area (Å²) in [5.41, 5.74) is 1.18. The Labute approximate surface area is 321 Å². The minimum absolute atomic E-state index is 0.0196. The lowest BCUT2D eigenvalue weighted by atomic mass is 9.86. The molecule has 14 heteroatoms. The molecule has 2 saturated heterocycles. The molecule has 3 unspecified atom stereocenters. The van der Waals surface area contributed by atoms with Gasteiger partial charge in [-0.2, -0.15) is 0 Å². The molecule has 2 fully saturated rings. The lowest BCUT2D eigenvalue weighted by molar-refractivity contribution is -0.122. The summed E-state index contributed by atoms with van der Waals surface area (Å²) < 4.78 is 25.1. The van der Waals surface area contributed by atoms with Crippen molar-refractivity contribution in [3.63, 3.8) is 0 Å².